The highest BCUT2D eigenvalue weighted by Crippen LogP contribution is 2.35. The summed E-state index contributed by atoms with van der Waals surface area (Å²) >= 11 is 0. The zero-order chi connectivity index (χ0) is 27.3. The molecule has 1 saturated heterocycles. The van der Waals surface area contributed by atoms with Crippen LogP contribution in [-0.4, -0.2) is 89.4 Å². The van der Waals surface area contributed by atoms with Crippen LogP contribution in [-0.2, 0) is 24.9 Å². The van der Waals surface area contributed by atoms with Gasteiger partial charge in [-0.05, 0) is 46.0 Å². The van der Waals surface area contributed by atoms with Crippen molar-refractivity contribution in [3.63, 3.8) is 0 Å². The second-order valence-electron chi connectivity index (χ2n) is 10.6. The molecule has 2 bridgehead atoms. The molecule has 3 atom stereocenters. The number of fused-ring (bicyclic) bond motifs is 5. The zero-order valence-corrected chi connectivity index (χ0v) is 22.8. The first-order chi connectivity index (χ1) is 18.8. The molecule has 0 saturated carbocycles. The van der Waals surface area contributed by atoms with Crippen LogP contribution in [0.25, 0.3) is 34.3 Å². The summed E-state index contributed by atoms with van der Waals surface area (Å²) in [7, 11) is 3.93. The molecule has 0 amide bonds. The minimum absolute atomic E-state index is 0.0170. The minimum Gasteiger partial charge on any atom is -0.473 e. The molecule has 0 spiro atoms. The molecule has 2 aliphatic heterocycles. The number of rotatable bonds is 4. The summed E-state index contributed by atoms with van der Waals surface area (Å²) in [5, 5.41) is 27.9. The quantitative estimate of drug-likeness (QED) is 0.406. The number of aryl methyl sites for hydroxylation is 1. The molecule has 39 heavy (non-hydrogen) atoms. The second kappa shape index (κ2) is 10.1. The number of likely N-dealkylation sites (N-methyl/N-ethyl adjacent to an activating group) is 1. The van der Waals surface area contributed by atoms with Gasteiger partial charge < -0.3 is 19.3 Å². The van der Waals surface area contributed by atoms with Crippen molar-refractivity contribution in [1.82, 2.24) is 39.6 Å². The van der Waals surface area contributed by atoms with Gasteiger partial charge in [0.2, 0.25) is 11.8 Å². The topological polar surface area (TPSA) is 128 Å². The lowest BCUT2D eigenvalue weighted by molar-refractivity contribution is 0.102. The lowest BCUT2D eigenvalue weighted by Gasteiger charge is -2.29. The van der Waals surface area contributed by atoms with Gasteiger partial charge in [0.05, 0.1) is 66.7 Å². The molecule has 206 valence electrons. The van der Waals surface area contributed by atoms with Gasteiger partial charge in [0, 0.05) is 30.7 Å². The van der Waals surface area contributed by atoms with Gasteiger partial charge in [-0.25, -0.2) is 9.67 Å². The van der Waals surface area contributed by atoms with Crippen molar-refractivity contribution in [2.75, 3.05) is 20.3 Å². The van der Waals surface area contributed by atoms with E-state index in [1.165, 1.54) is 0 Å². The summed E-state index contributed by atoms with van der Waals surface area (Å²) in [5.41, 5.74) is 4.94. The standard InChI is InChI=1S/C27H34N8O4/c1-15(2)38-26-18-6-7-21-19-8-17(9-28-25(19)31-30-21)20-10-29-34(5)27(20)39-24-14-37-13-23(24)33(4)12-22(18)35(32-26)11-16(3)36/h6-10,15-16,23-24,36H,11-14H2,1-5H3,(H,28,30,31)/b7-6+/t16?,23-,24+/m1/s1. The average Bonchev–Trinajstić information content (AvgIpc) is 3.65. The van der Waals surface area contributed by atoms with E-state index in [0.717, 1.165) is 33.5 Å². The van der Waals surface area contributed by atoms with E-state index in [1.807, 2.05) is 43.8 Å². The van der Waals surface area contributed by atoms with E-state index in [1.54, 1.807) is 24.0 Å². The van der Waals surface area contributed by atoms with Crippen LogP contribution in [0, 0.1) is 0 Å². The SMILES string of the molecule is CC(O)Cn1nc(OC(C)C)c2c1CN(C)[C@@H]1COC[C@@H]1Oc1c(cnn1C)-c1cnc3n[nH]c(c3c1)/C=C/2. The van der Waals surface area contributed by atoms with Crippen LogP contribution < -0.4 is 9.47 Å². The number of aromatic nitrogens is 7. The van der Waals surface area contributed by atoms with Crippen LogP contribution in [0.15, 0.2) is 18.5 Å². The molecule has 0 radical (unpaired) electrons. The van der Waals surface area contributed by atoms with Crippen molar-refractivity contribution < 1.29 is 19.3 Å². The zero-order valence-electron chi connectivity index (χ0n) is 22.8. The van der Waals surface area contributed by atoms with E-state index in [0.29, 0.717) is 43.7 Å². The van der Waals surface area contributed by atoms with E-state index >= 15 is 0 Å². The fourth-order valence-electron chi connectivity index (χ4n) is 5.20. The smallest absolute Gasteiger partial charge is 0.240 e. The lowest BCUT2D eigenvalue weighted by Crippen LogP contribution is -2.43. The first-order valence-electron chi connectivity index (χ1n) is 13.2. The first kappa shape index (κ1) is 25.5. The van der Waals surface area contributed by atoms with Gasteiger partial charge in [0.1, 0.15) is 6.10 Å². The summed E-state index contributed by atoms with van der Waals surface area (Å²) in [6, 6.07) is 2.03. The van der Waals surface area contributed by atoms with E-state index < -0.39 is 6.10 Å². The highest BCUT2D eigenvalue weighted by atomic mass is 16.6. The molecule has 1 unspecified atom stereocenters. The highest BCUT2D eigenvalue weighted by molar-refractivity contribution is 5.90. The number of aliphatic hydroxyl groups is 1. The molecule has 0 aliphatic carbocycles. The number of ether oxygens (including phenoxy) is 3. The summed E-state index contributed by atoms with van der Waals surface area (Å²) in [4.78, 5) is 6.81. The van der Waals surface area contributed by atoms with E-state index in [9.17, 15) is 5.11 Å². The predicted molar refractivity (Wildman–Crippen MR) is 145 cm³/mol. The molecule has 2 N–H and O–H groups in total. The van der Waals surface area contributed by atoms with Crippen LogP contribution in [0.5, 0.6) is 11.8 Å². The fraction of sp³-hybridized carbons (Fsp3) is 0.481. The van der Waals surface area contributed by atoms with Gasteiger partial charge in [-0.1, -0.05) is 0 Å². The van der Waals surface area contributed by atoms with Crippen LogP contribution in [0.4, 0.5) is 0 Å². The Morgan fingerprint density at radius 1 is 1.18 bits per heavy atom. The third-order valence-electron chi connectivity index (χ3n) is 7.13. The maximum atomic E-state index is 10.3. The monoisotopic (exact) mass is 534 g/mol. The van der Waals surface area contributed by atoms with Crippen LogP contribution in [0.1, 0.15) is 37.7 Å². The normalized spacial score (nSPS) is 21.2. The number of pyridine rings is 1. The van der Waals surface area contributed by atoms with Crippen molar-refractivity contribution in [3.8, 4) is 22.9 Å². The van der Waals surface area contributed by atoms with Crippen LogP contribution in [0.3, 0.4) is 0 Å². The Labute approximate surface area is 226 Å². The minimum atomic E-state index is -0.581. The molecule has 4 aromatic heterocycles. The van der Waals surface area contributed by atoms with Crippen LogP contribution in [0.2, 0.25) is 0 Å². The molecule has 6 rings (SSSR count). The van der Waals surface area contributed by atoms with E-state index in [4.69, 9.17) is 19.3 Å². The Kier molecular flexibility index (Phi) is 6.61. The predicted octanol–water partition coefficient (Wildman–Crippen LogP) is 2.48. The molecule has 0 aromatic carbocycles. The number of nitrogens with one attached hydrogen (secondary N) is 1. The summed E-state index contributed by atoms with van der Waals surface area (Å²) < 4.78 is 22.2. The largest absolute Gasteiger partial charge is 0.473 e. The number of aromatic amines is 1. The molecule has 4 aromatic rings. The van der Waals surface area contributed by atoms with E-state index in [2.05, 4.69) is 32.2 Å². The van der Waals surface area contributed by atoms with Crippen molar-refractivity contribution in [1.29, 1.82) is 0 Å². The van der Waals surface area contributed by atoms with Gasteiger partial charge in [0.25, 0.3) is 0 Å². The number of H-pyrrole nitrogens is 1. The Hall–Kier alpha value is -3.74. The number of nitrogens with zero attached hydrogens (tertiary/aromatic N) is 7. The molecular weight excluding hydrogens is 500 g/mol. The average molecular weight is 535 g/mol. The fourth-order valence-corrected chi connectivity index (χ4v) is 5.20. The van der Waals surface area contributed by atoms with Crippen molar-refractivity contribution in [2.45, 2.75) is 58.2 Å². The van der Waals surface area contributed by atoms with Gasteiger partial charge in [-0.2, -0.15) is 10.2 Å². The molecule has 6 heterocycles. The Balaban J connectivity index is 1.55. The third kappa shape index (κ3) is 4.79. The summed E-state index contributed by atoms with van der Waals surface area (Å²) in [5.74, 6) is 1.18. The number of hydrogen-bond donors (Lipinski definition) is 2. The van der Waals surface area contributed by atoms with Crippen molar-refractivity contribution in [2.24, 2.45) is 7.05 Å². The number of aliphatic hydroxyl groups excluding tert-OH is 1. The molecule has 2 aliphatic rings. The summed E-state index contributed by atoms with van der Waals surface area (Å²) in [6.45, 7) is 7.58. The molecule has 12 heteroatoms. The molecule has 1 fully saturated rings. The molecular formula is C27H34N8O4. The van der Waals surface area contributed by atoms with Gasteiger partial charge in [-0.15, -0.1) is 5.10 Å². The van der Waals surface area contributed by atoms with Crippen molar-refractivity contribution >= 4 is 23.2 Å². The maximum absolute atomic E-state index is 10.3. The second-order valence-corrected chi connectivity index (χ2v) is 10.6. The first-order valence-corrected chi connectivity index (χ1v) is 13.2. The third-order valence-corrected chi connectivity index (χ3v) is 7.13. The van der Waals surface area contributed by atoms with Gasteiger partial charge in [0.15, 0.2) is 5.65 Å². The highest BCUT2D eigenvalue weighted by Gasteiger charge is 2.36. The van der Waals surface area contributed by atoms with Gasteiger partial charge >= 0.3 is 0 Å². The summed E-state index contributed by atoms with van der Waals surface area (Å²) in [6.07, 6.45) is 6.70. The maximum Gasteiger partial charge on any atom is 0.240 e. The van der Waals surface area contributed by atoms with Gasteiger partial charge in [-0.3, -0.25) is 14.7 Å². The Bertz CT molecular complexity index is 1520. The Morgan fingerprint density at radius 2 is 2.03 bits per heavy atom. The lowest BCUT2D eigenvalue weighted by atomic mass is 10.1. The molecule has 12 nitrogen and oxygen atoms in total. The van der Waals surface area contributed by atoms with E-state index in [-0.39, 0.29) is 18.2 Å². The Morgan fingerprint density at radius 3 is 2.82 bits per heavy atom. The van der Waals surface area contributed by atoms with Crippen molar-refractivity contribution in [3.05, 3.63) is 35.4 Å². The van der Waals surface area contributed by atoms with Crippen LogP contribution >= 0.6 is 0 Å². The number of hydrogen-bond acceptors (Lipinski definition) is 9.